The summed E-state index contributed by atoms with van der Waals surface area (Å²) >= 11 is 0. The first-order valence-electron chi connectivity index (χ1n) is 8.55. The number of carbonyl (C=O) groups is 1. The maximum absolute atomic E-state index is 12.8. The summed E-state index contributed by atoms with van der Waals surface area (Å²) in [5, 5.41) is 3.24. The van der Waals surface area contributed by atoms with Gasteiger partial charge in [-0.05, 0) is 39.0 Å². The van der Waals surface area contributed by atoms with Crippen molar-refractivity contribution < 1.29 is 9.53 Å². The molecular weight excluding hydrogens is 292 g/mol. The van der Waals surface area contributed by atoms with E-state index >= 15 is 0 Å². The molecular formula is C17H28N4O2. The van der Waals surface area contributed by atoms with E-state index < -0.39 is 0 Å². The number of ether oxygens (including phenoxy) is 1. The minimum atomic E-state index is 0.0296. The lowest BCUT2D eigenvalue weighted by molar-refractivity contribution is 0.0601. The van der Waals surface area contributed by atoms with Crippen molar-refractivity contribution in [3.8, 4) is 0 Å². The number of carbonyl (C=O) groups excluding carboxylic acids is 1. The van der Waals surface area contributed by atoms with Gasteiger partial charge in [-0.15, -0.1) is 0 Å². The second-order valence-electron chi connectivity index (χ2n) is 6.02. The molecule has 0 bridgehead atoms. The van der Waals surface area contributed by atoms with Crippen molar-refractivity contribution in [2.75, 3.05) is 32.1 Å². The summed E-state index contributed by atoms with van der Waals surface area (Å²) < 4.78 is 5.04. The molecule has 2 rings (SSSR count). The Morgan fingerprint density at radius 2 is 2.26 bits per heavy atom. The van der Waals surface area contributed by atoms with Crippen LogP contribution >= 0.6 is 0 Å². The molecule has 1 N–H and O–H groups in total. The van der Waals surface area contributed by atoms with Crippen LogP contribution in [0.3, 0.4) is 0 Å². The minimum absolute atomic E-state index is 0.0296. The Labute approximate surface area is 138 Å². The highest BCUT2D eigenvalue weighted by molar-refractivity contribution is 5.93. The molecule has 1 fully saturated rings. The fourth-order valence-corrected chi connectivity index (χ4v) is 3.04. The van der Waals surface area contributed by atoms with E-state index in [0.717, 1.165) is 38.8 Å². The molecule has 0 saturated carbocycles. The normalized spacial score (nSPS) is 18.0. The van der Waals surface area contributed by atoms with Crippen LogP contribution in [0.2, 0.25) is 0 Å². The van der Waals surface area contributed by atoms with E-state index in [9.17, 15) is 4.79 Å². The van der Waals surface area contributed by atoms with Gasteiger partial charge in [-0.2, -0.15) is 0 Å². The SMILES string of the molecule is CCC1CCCCN1C(=O)c1cc(NCCCOC)nc(C)n1. The predicted octanol–water partition coefficient (Wildman–Crippen LogP) is 2.64. The smallest absolute Gasteiger partial charge is 0.272 e. The Bertz CT molecular complexity index is 521. The van der Waals surface area contributed by atoms with Gasteiger partial charge in [-0.3, -0.25) is 4.79 Å². The number of methoxy groups -OCH3 is 1. The highest BCUT2D eigenvalue weighted by Gasteiger charge is 2.27. The molecule has 1 aromatic rings. The van der Waals surface area contributed by atoms with Crippen molar-refractivity contribution in [3.63, 3.8) is 0 Å². The lowest BCUT2D eigenvalue weighted by atomic mass is 9.99. The average molecular weight is 320 g/mol. The zero-order valence-corrected chi connectivity index (χ0v) is 14.5. The van der Waals surface area contributed by atoms with E-state index in [1.807, 2.05) is 11.8 Å². The molecule has 0 spiro atoms. The molecule has 1 aromatic heterocycles. The number of aryl methyl sites for hydroxylation is 1. The Morgan fingerprint density at radius 3 is 3.00 bits per heavy atom. The van der Waals surface area contributed by atoms with Gasteiger partial charge < -0.3 is 15.0 Å². The fraction of sp³-hybridized carbons (Fsp3) is 0.706. The summed E-state index contributed by atoms with van der Waals surface area (Å²) in [6.45, 7) is 6.26. The van der Waals surface area contributed by atoms with Crippen molar-refractivity contribution >= 4 is 11.7 Å². The molecule has 1 atom stereocenters. The van der Waals surface area contributed by atoms with Crippen LogP contribution in [0, 0.1) is 6.92 Å². The van der Waals surface area contributed by atoms with E-state index in [1.54, 1.807) is 13.2 Å². The highest BCUT2D eigenvalue weighted by Crippen LogP contribution is 2.22. The van der Waals surface area contributed by atoms with Crippen LogP contribution in [-0.4, -0.2) is 53.6 Å². The number of hydrogen-bond acceptors (Lipinski definition) is 5. The molecule has 0 aliphatic carbocycles. The quantitative estimate of drug-likeness (QED) is 0.782. The number of likely N-dealkylation sites (tertiary alicyclic amines) is 1. The zero-order valence-electron chi connectivity index (χ0n) is 14.5. The van der Waals surface area contributed by atoms with Crippen molar-refractivity contribution in [2.45, 2.75) is 52.0 Å². The Kier molecular flexibility index (Phi) is 6.77. The number of rotatable bonds is 7. The van der Waals surface area contributed by atoms with Crippen LogP contribution in [0.4, 0.5) is 5.82 Å². The molecule has 128 valence electrons. The molecule has 1 aliphatic rings. The average Bonchev–Trinajstić information content (AvgIpc) is 2.57. The molecule has 6 heteroatoms. The number of aromatic nitrogens is 2. The lowest BCUT2D eigenvalue weighted by Crippen LogP contribution is -2.43. The maximum atomic E-state index is 12.8. The van der Waals surface area contributed by atoms with Crippen LogP contribution in [0.1, 0.15) is 55.3 Å². The van der Waals surface area contributed by atoms with Crippen LogP contribution < -0.4 is 5.32 Å². The second kappa shape index (κ2) is 8.82. The van der Waals surface area contributed by atoms with Crippen LogP contribution in [0.5, 0.6) is 0 Å². The van der Waals surface area contributed by atoms with Crippen LogP contribution in [-0.2, 0) is 4.74 Å². The van der Waals surface area contributed by atoms with Gasteiger partial charge in [-0.25, -0.2) is 9.97 Å². The van der Waals surface area contributed by atoms with E-state index in [4.69, 9.17) is 4.74 Å². The van der Waals surface area contributed by atoms with Crippen molar-refractivity contribution in [3.05, 3.63) is 17.6 Å². The van der Waals surface area contributed by atoms with Gasteiger partial charge in [0.1, 0.15) is 17.3 Å². The Balaban J connectivity index is 2.08. The molecule has 2 heterocycles. The molecule has 1 amide bonds. The number of nitrogens with one attached hydrogen (secondary N) is 1. The van der Waals surface area contributed by atoms with Gasteiger partial charge in [-0.1, -0.05) is 6.92 Å². The predicted molar refractivity (Wildman–Crippen MR) is 90.7 cm³/mol. The lowest BCUT2D eigenvalue weighted by Gasteiger charge is -2.35. The molecule has 6 nitrogen and oxygen atoms in total. The van der Waals surface area contributed by atoms with Gasteiger partial charge in [0, 0.05) is 38.9 Å². The van der Waals surface area contributed by atoms with Gasteiger partial charge >= 0.3 is 0 Å². The first kappa shape index (κ1) is 17.7. The third-order valence-corrected chi connectivity index (χ3v) is 4.25. The van der Waals surface area contributed by atoms with Crippen LogP contribution in [0.15, 0.2) is 6.07 Å². The number of piperidine rings is 1. The Morgan fingerprint density at radius 1 is 1.43 bits per heavy atom. The molecule has 0 radical (unpaired) electrons. The van der Waals surface area contributed by atoms with Crippen molar-refractivity contribution in [1.29, 1.82) is 0 Å². The van der Waals surface area contributed by atoms with Crippen LogP contribution in [0.25, 0.3) is 0 Å². The number of amides is 1. The Hall–Kier alpha value is -1.69. The van der Waals surface area contributed by atoms with E-state index in [1.165, 1.54) is 6.42 Å². The third kappa shape index (κ3) is 4.89. The first-order chi connectivity index (χ1) is 11.2. The summed E-state index contributed by atoms with van der Waals surface area (Å²) in [5.74, 6) is 1.36. The van der Waals surface area contributed by atoms with E-state index in [0.29, 0.717) is 30.0 Å². The standard InChI is InChI=1S/C17H28N4O2/c1-4-14-8-5-6-10-21(14)17(22)15-12-16(20-13(2)19-15)18-9-7-11-23-3/h12,14H,4-11H2,1-3H3,(H,18,19,20). The highest BCUT2D eigenvalue weighted by atomic mass is 16.5. The number of nitrogens with zero attached hydrogens (tertiary/aromatic N) is 3. The van der Waals surface area contributed by atoms with Crippen molar-refractivity contribution in [2.24, 2.45) is 0 Å². The van der Waals surface area contributed by atoms with Crippen molar-refractivity contribution in [1.82, 2.24) is 14.9 Å². The van der Waals surface area contributed by atoms with Gasteiger partial charge in [0.25, 0.3) is 5.91 Å². The minimum Gasteiger partial charge on any atom is -0.385 e. The summed E-state index contributed by atoms with van der Waals surface area (Å²) in [6, 6.07) is 2.10. The van der Waals surface area contributed by atoms with Gasteiger partial charge in [0.2, 0.25) is 0 Å². The number of anilines is 1. The summed E-state index contributed by atoms with van der Waals surface area (Å²) in [7, 11) is 1.69. The van der Waals surface area contributed by atoms with Gasteiger partial charge in [0.15, 0.2) is 0 Å². The molecule has 1 saturated heterocycles. The number of hydrogen-bond donors (Lipinski definition) is 1. The van der Waals surface area contributed by atoms with E-state index in [-0.39, 0.29) is 5.91 Å². The largest absolute Gasteiger partial charge is 0.385 e. The molecule has 0 aromatic carbocycles. The topological polar surface area (TPSA) is 67.4 Å². The first-order valence-corrected chi connectivity index (χ1v) is 8.55. The zero-order chi connectivity index (χ0) is 16.7. The third-order valence-electron chi connectivity index (χ3n) is 4.25. The molecule has 23 heavy (non-hydrogen) atoms. The summed E-state index contributed by atoms with van der Waals surface area (Å²) in [4.78, 5) is 23.5. The maximum Gasteiger partial charge on any atom is 0.272 e. The fourth-order valence-electron chi connectivity index (χ4n) is 3.04. The molecule has 1 unspecified atom stereocenters. The summed E-state index contributed by atoms with van der Waals surface area (Å²) in [5.41, 5.74) is 0.493. The second-order valence-corrected chi connectivity index (χ2v) is 6.02. The van der Waals surface area contributed by atoms with Gasteiger partial charge in [0.05, 0.1) is 0 Å². The molecule has 1 aliphatic heterocycles. The van der Waals surface area contributed by atoms with E-state index in [2.05, 4.69) is 22.2 Å². The summed E-state index contributed by atoms with van der Waals surface area (Å²) in [6.07, 6.45) is 5.27. The monoisotopic (exact) mass is 320 g/mol.